The topological polar surface area (TPSA) is 96.9 Å². The number of amides is 1. The van der Waals surface area contributed by atoms with Gasteiger partial charge in [-0.2, -0.15) is 0 Å². The maximum absolute atomic E-state index is 13.0. The van der Waals surface area contributed by atoms with Gasteiger partial charge in [-0.3, -0.25) is 14.5 Å². The van der Waals surface area contributed by atoms with Gasteiger partial charge in [0.1, 0.15) is 17.6 Å². The summed E-state index contributed by atoms with van der Waals surface area (Å²) in [6.07, 6.45) is 1.72. The molecule has 1 heterocycles. The number of aryl methyl sites for hydroxylation is 1. The Labute approximate surface area is 196 Å². The van der Waals surface area contributed by atoms with E-state index in [1.54, 1.807) is 18.2 Å². The van der Waals surface area contributed by atoms with Crippen molar-refractivity contribution in [1.82, 2.24) is 10.0 Å². The van der Waals surface area contributed by atoms with Gasteiger partial charge in [0.25, 0.3) is 10.0 Å². The minimum Gasteiger partial charge on any atom is -0.491 e. The van der Waals surface area contributed by atoms with Gasteiger partial charge in [0.2, 0.25) is 5.91 Å². The molecule has 7 nitrogen and oxygen atoms in total. The molecule has 0 saturated carbocycles. The highest BCUT2D eigenvalue weighted by Gasteiger charge is 2.32. The third-order valence-electron chi connectivity index (χ3n) is 5.38. The number of sulfonamides is 1. The highest BCUT2D eigenvalue weighted by Crippen LogP contribution is 2.23. The van der Waals surface area contributed by atoms with Crippen LogP contribution in [0, 0.1) is 5.92 Å². The maximum atomic E-state index is 13.0. The third kappa shape index (κ3) is 6.35. The molecule has 0 aromatic heterocycles. The lowest BCUT2D eigenvalue weighted by Crippen LogP contribution is -2.42. The number of carbonyl (C=O) groups excluding carboxylic acids is 1. The number of nitrogens with one attached hydrogen (secondary N) is 2. The van der Waals surface area contributed by atoms with Crippen LogP contribution in [0.4, 0.5) is 0 Å². The van der Waals surface area contributed by atoms with E-state index < -0.39 is 16.1 Å². The number of ether oxygens (including phenoxy) is 1. The molecular weight excluding hydrogens is 438 g/mol. The van der Waals surface area contributed by atoms with Crippen molar-refractivity contribution in [3.05, 3.63) is 59.7 Å². The first-order valence-corrected chi connectivity index (χ1v) is 12.8. The molecule has 0 radical (unpaired) electrons. The fourth-order valence-electron chi connectivity index (χ4n) is 3.67. The molecule has 2 N–H and O–H groups in total. The molecule has 33 heavy (non-hydrogen) atoms. The molecule has 178 valence electrons. The Kier molecular flexibility index (Phi) is 7.79. The van der Waals surface area contributed by atoms with Crippen LogP contribution in [0.25, 0.3) is 0 Å². The van der Waals surface area contributed by atoms with Gasteiger partial charge in [-0.15, -0.1) is 0 Å². The van der Waals surface area contributed by atoms with Crippen LogP contribution in [-0.4, -0.2) is 38.3 Å². The standard InChI is InChI=1S/C25H33N3O4S/c1-16(2)23(27-24-21-8-6-7-9-22(21)33(30,31)28-24)25(29)26-18(5)10-11-19-12-14-20(15-13-19)32-17(3)4/h6-9,12-18,23H,10-11H2,1-5H3,(H,26,29)(H,27,28)/t18?,23-/m0/s1. The number of amidine groups is 1. The molecule has 2 aromatic rings. The zero-order chi connectivity index (χ0) is 24.2. The van der Waals surface area contributed by atoms with Gasteiger partial charge in [0.05, 0.1) is 11.0 Å². The highest BCUT2D eigenvalue weighted by atomic mass is 32.2. The summed E-state index contributed by atoms with van der Waals surface area (Å²) in [5.41, 5.74) is 1.67. The van der Waals surface area contributed by atoms with E-state index in [0.29, 0.717) is 5.56 Å². The quantitative estimate of drug-likeness (QED) is 0.583. The van der Waals surface area contributed by atoms with Crippen LogP contribution in [0.2, 0.25) is 0 Å². The maximum Gasteiger partial charge on any atom is 0.263 e. The summed E-state index contributed by atoms with van der Waals surface area (Å²) >= 11 is 0. The molecule has 2 atom stereocenters. The second-order valence-electron chi connectivity index (χ2n) is 9.03. The number of fused-ring (bicyclic) bond motifs is 1. The summed E-state index contributed by atoms with van der Waals surface area (Å²) in [6, 6.07) is 13.9. The van der Waals surface area contributed by atoms with Crippen molar-refractivity contribution in [3.8, 4) is 5.75 Å². The van der Waals surface area contributed by atoms with Crippen molar-refractivity contribution < 1.29 is 17.9 Å². The first-order chi connectivity index (χ1) is 15.6. The molecule has 0 saturated heterocycles. The Bertz CT molecular complexity index is 1110. The number of rotatable bonds is 9. The van der Waals surface area contributed by atoms with Crippen molar-refractivity contribution in [2.75, 3.05) is 0 Å². The third-order valence-corrected chi connectivity index (χ3v) is 6.78. The summed E-state index contributed by atoms with van der Waals surface area (Å²) in [5.74, 6) is 0.749. The molecule has 0 aliphatic carbocycles. The fourth-order valence-corrected chi connectivity index (χ4v) is 4.91. The Balaban J connectivity index is 1.63. The van der Waals surface area contributed by atoms with Gasteiger partial charge in [-0.1, -0.05) is 38.1 Å². The SMILES string of the molecule is CC(CCc1ccc(OC(C)C)cc1)NC(=O)[C@@H](N=C1NS(=O)(=O)c2ccccc21)C(C)C. The van der Waals surface area contributed by atoms with Crippen molar-refractivity contribution in [3.63, 3.8) is 0 Å². The Morgan fingerprint density at radius 3 is 2.33 bits per heavy atom. The normalized spacial score (nSPS) is 17.5. The average molecular weight is 472 g/mol. The van der Waals surface area contributed by atoms with E-state index >= 15 is 0 Å². The fraction of sp³-hybridized carbons (Fsp3) is 0.440. The summed E-state index contributed by atoms with van der Waals surface area (Å²) in [4.78, 5) is 17.7. The lowest BCUT2D eigenvalue weighted by molar-refractivity contribution is -0.123. The van der Waals surface area contributed by atoms with Crippen molar-refractivity contribution in [1.29, 1.82) is 0 Å². The zero-order valence-electron chi connectivity index (χ0n) is 19.8. The first-order valence-electron chi connectivity index (χ1n) is 11.3. The van der Waals surface area contributed by atoms with Gasteiger partial charge in [-0.25, -0.2) is 8.42 Å². The summed E-state index contributed by atoms with van der Waals surface area (Å²) in [6.45, 7) is 9.75. The number of nitrogens with zero attached hydrogens (tertiary/aromatic N) is 1. The lowest BCUT2D eigenvalue weighted by atomic mass is 10.0. The van der Waals surface area contributed by atoms with Crippen LogP contribution < -0.4 is 14.8 Å². The number of aliphatic imine (C=N–C) groups is 1. The predicted octanol–water partition coefficient (Wildman–Crippen LogP) is 3.67. The summed E-state index contributed by atoms with van der Waals surface area (Å²) in [5, 5.41) is 3.04. The molecule has 0 fully saturated rings. The van der Waals surface area contributed by atoms with Crippen molar-refractivity contribution >= 4 is 21.8 Å². The van der Waals surface area contributed by atoms with E-state index in [1.165, 1.54) is 11.6 Å². The molecule has 2 aromatic carbocycles. The van der Waals surface area contributed by atoms with Crippen molar-refractivity contribution in [2.45, 2.75) is 70.5 Å². The van der Waals surface area contributed by atoms with Gasteiger partial charge in [0.15, 0.2) is 0 Å². The zero-order valence-corrected chi connectivity index (χ0v) is 20.6. The minimum absolute atomic E-state index is 0.0573. The largest absolute Gasteiger partial charge is 0.491 e. The monoisotopic (exact) mass is 471 g/mol. The van der Waals surface area contributed by atoms with Gasteiger partial charge < -0.3 is 10.1 Å². The predicted molar refractivity (Wildman–Crippen MR) is 130 cm³/mol. The Hall–Kier alpha value is -2.87. The van der Waals surface area contributed by atoms with Crippen LogP contribution in [0.15, 0.2) is 58.4 Å². The van der Waals surface area contributed by atoms with Gasteiger partial charge in [-0.05, 0) is 69.4 Å². The highest BCUT2D eigenvalue weighted by molar-refractivity contribution is 7.90. The molecule has 1 unspecified atom stereocenters. The van der Waals surface area contributed by atoms with E-state index in [1.807, 2.05) is 58.9 Å². The van der Waals surface area contributed by atoms with Crippen LogP contribution in [0.3, 0.4) is 0 Å². The van der Waals surface area contributed by atoms with Crippen LogP contribution in [0.1, 0.15) is 52.2 Å². The number of benzene rings is 2. The lowest BCUT2D eigenvalue weighted by Gasteiger charge is -2.21. The van der Waals surface area contributed by atoms with Gasteiger partial charge >= 0.3 is 0 Å². The van der Waals surface area contributed by atoms with Crippen LogP contribution in [0.5, 0.6) is 5.75 Å². The van der Waals surface area contributed by atoms with E-state index in [0.717, 1.165) is 18.6 Å². The molecule has 1 aliphatic heterocycles. The first kappa shape index (κ1) is 24.8. The smallest absolute Gasteiger partial charge is 0.263 e. The summed E-state index contributed by atoms with van der Waals surface area (Å²) in [7, 11) is -3.65. The van der Waals surface area contributed by atoms with Crippen molar-refractivity contribution in [2.24, 2.45) is 10.9 Å². The second-order valence-corrected chi connectivity index (χ2v) is 10.7. The molecular formula is C25H33N3O4S. The summed E-state index contributed by atoms with van der Waals surface area (Å²) < 4.78 is 32.9. The number of carbonyl (C=O) groups is 1. The second kappa shape index (κ2) is 10.4. The molecule has 3 rings (SSSR count). The molecule has 0 bridgehead atoms. The Morgan fingerprint density at radius 2 is 1.70 bits per heavy atom. The molecule has 0 spiro atoms. The van der Waals surface area contributed by atoms with Crippen LogP contribution >= 0.6 is 0 Å². The number of hydrogen-bond acceptors (Lipinski definition) is 5. The molecule has 1 aliphatic rings. The van der Waals surface area contributed by atoms with Gasteiger partial charge in [0, 0.05) is 11.6 Å². The van der Waals surface area contributed by atoms with Crippen LogP contribution in [-0.2, 0) is 21.2 Å². The molecule has 8 heteroatoms. The van der Waals surface area contributed by atoms with E-state index in [-0.39, 0.29) is 34.7 Å². The van der Waals surface area contributed by atoms with E-state index in [9.17, 15) is 13.2 Å². The minimum atomic E-state index is -3.65. The average Bonchev–Trinajstić information content (AvgIpc) is 3.01. The van der Waals surface area contributed by atoms with E-state index in [2.05, 4.69) is 15.0 Å². The Morgan fingerprint density at radius 1 is 1.03 bits per heavy atom. The van der Waals surface area contributed by atoms with E-state index in [4.69, 9.17) is 4.74 Å². The number of hydrogen-bond donors (Lipinski definition) is 2. The molecule has 1 amide bonds.